The lowest BCUT2D eigenvalue weighted by Crippen LogP contribution is -2.00. The summed E-state index contributed by atoms with van der Waals surface area (Å²) in [5, 5.41) is 4.59. The molecule has 0 radical (unpaired) electrons. The number of thiophene rings is 1. The second-order valence-corrected chi connectivity index (χ2v) is 7.19. The summed E-state index contributed by atoms with van der Waals surface area (Å²) in [5.74, 6) is 0. The zero-order valence-electron chi connectivity index (χ0n) is 14.0. The lowest BCUT2D eigenvalue weighted by atomic mass is 9.93. The van der Waals surface area contributed by atoms with Gasteiger partial charge in [0.25, 0.3) is 0 Å². The molecule has 1 aliphatic rings. The first-order chi connectivity index (χ1) is 12.2. The highest BCUT2D eigenvalue weighted by atomic mass is 32.1. The number of hydrogen-bond acceptors (Lipinski definition) is 2. The Bertz CT molecular complexity index is 1020. The molecule has 25 heavy (non-hydrogen) atoms. The molecule has 2 heteroatoms. The van der Waals surface area contributed by atoms with Crippen molar-refractivity contribution in [2.75, 3.05) is 0 Å². The van der Waals surface area contributed by atoms with Gasteiger partial charge in [0.15, 0.2) is 0 Å². The smallest absolute Gasteiger partial charge is 0.0425 e. The van der Waals surface area contributed by atoms with E-state index in [9.17, 15) is 0 Å². The summed E-state index contributed by atoms with van der Waals surface area (Å²) in [6.45, 7) is 8.69. The molecule has 0 saturated carbocycles. The van der Waals surface area contributed by atoms with E-state index in [0.29, 0.717) is 0 Å². The largest absolute Gasteiger partial charge is 0.367 e. The lowest BCUT2D eigenvalue weighted by molar-refractivity contribution is 1.18. The van der Waals surface area contributed by atoms with Crippen LogP contribution in [0.2, 0.25) is 0 Å². The molecule has 3 aromatic rings. The first-order valence-corrected chi connectivity index (χ1v) is 9.12. The van der Waals surface area contributed by atoms with Gasteiger partial charge >= 0.3 is 0 Å². The Morgan fingerprint density at radius 3 is 2.52 bits per heavy atom. The Kier molecular flexibility index (Phi) is 4.12. The summed E-state index contributed by atoms with van der Waals surface area (Å²) < 4.78 is 1.28. The van der Waals surface area contributed by atoms with Gasteiger partial charge in [0.05, 0.1) is 0 Å². The predicted octanol–water partition coefficient (Wildman–Crippen LogP) is 6.48. The Hall–Kier alpha value is -2.84. The minimum absolute atomic E-state index is 0.775. The van der Waals surface area contributed by atoms with Crippen LogP contribution in [0.15, 0.2) is 85.7 Å². The Balaban J connectivity index is 1.80. The molecule has 122 valence electrons. The van der Waals surface area contributed by atoms with Crippen LogP contribution in [-0.2, 0) is 0 Å². The second kappa shape index (κ2) is 6.58. The molecule has 2 heterocycles. The average Bonchev–Trinajstić information content (AvgIpc) is 3.02. The molecular formula is C23H19NS. The van der Waals surface area contributed by atoms with Crippen LogP contribution in [0.25, 0.3) is 27.3 Å². The van der Waals surface area contributed by atoms with Crippen molar-refractivity contribution in [1.82, 2.24) is 5.32 Å². The minimum atomic E-state index is 0.775. The topological polar surface area (TPSA) is 12.0 Å². The highest BCUT2D eigenvalue weighted by molar-refractivity contribution is 7.20. The monoisotopic (exact) mass is 341 g/mol. The van der Waals surface area contributed by atoms with E-state index in [1.165, 1.54) is 31.7 Å². The van der Waals surface area contributed by atoms with E-state index in [2.05, 4.69) is 79.3 Å². The van der Waals surface area contributed by atoms with E-state index in [4.69, 9.17) is 0 Å². The fourth-order valence-electron chi connectivity index (χ4n) is 3.12. The maximum atomic E-state index is 4.36. The molecule has 0 saturated heterocycles. The second-order valence-electron chi connectivity index (χ2n) is 6.14. The van der Waals surface area contributed by atoms with Crippen LogP contribution >= 0.6 is 11.3 Å². The van der Waals surface area contributed by atoms with E-state index in [-0.39, 0.29) is 0 Å². The van der Waals surface area contributed by atoms with Crippen molar-refractivity contribution in [2.24, 2.45) is 0 Å². The average molecular weight is 341 g/mol. The third-order valence-electron chi connectivity index (χ3n) is 4.49. The molecule has 0 unspecified atom stereocenters. The van der Waals surface area contributed by atoms with Crippen molar-refractivity contribution in [2.45, 2.75) is 6.42 Å². The van der Waals surface area contributed by atoms with Crippen molar-refractivity contribution in [3.05, 3.63) is 102 Å². The molecule has 0 amide bonds. The third kappa shape index (κ3) is 2.97. The van der Waals surface area contributed by atoms with E-state index < -0.39 is 0 Å². The first-order valence-electron chi connectivity index (χ1n) is 8.30. The molecule has 1 aromatic heterocycles. The van der Waals surface area contributed by atoms with Gasteiger partial charge in [-0.2, -0.15) is 0 Å². The predicted molar refractivity (Wildman–Crippen MR) is 111 cm³/mol. The van der Waals surface area contributed by atoms with Gasteiger partial charge in [-0.05, 0) is 40.8 Å². The van der Waals surface area contributed by atoms with E-state index in [1.54, 1.807) is 11.3 Å². The maximum Gasteiger partial charge on any atom is 0.0425 e. The summed E-state index contributed by atoms with van der Waals surface area (Å²) in [5.41, 5.74) is 5.72. The Labute approximate surface area is 152 Å². The highest BCUT2D eigenvalue weighted by Gasteiger charge is 2.16. The van der Waals surface area contributed by atoms with Crippen LogP contribution in [0.4, 0.5) is 0 Å². The molecule has 0 atom stereocenters. The summed E-state index contributed by atoms with van der Waals surface area (Å²) >= 11 is 1.79. The molecule has 1 aliphatic heterocycles. The van der Waals surface area contributed by atoms with Crippen molar-refractivity contribution in [3.63, 3.8) is 0 Å². The summed E-state index contributed by atoms with van der Waals surface area (Å²) in [4.78, 5) is 1.21. The van der Waals surface area contributed by atoms with Crippen LogP contribution in [0.5, 0.6) is 0 Å². The number of fused-ring (bicyclic) bond motifs is 3. The normalized spacial score (nSPS) is 18.2. The summed E-state index contributed by atoms with van der Waals surface area (Å²) in [6.07, 6.45) is 6.97. The zero-order chi connectivity index (χ0) is 17.2. The molecular weight excluding hydrogens is 322 g/mol. The number of rotatable bonds is 1. The number of nitrogens with one attached hydrogen (secondary N) is 1. The Morgan fingerprint density at radius 1 is 0.920 bits per heavy atom. The number of hydrogen-bond donors (Lipinski definition) is 1. The fraction of sp³-hybridized carbons (Fsp3) is 0.0435. The van der Waals surface area contributed by atoms with Crippen LogP contribution in [-0.4, -0.2) is 0 Å². The van der Waals surface area contributed by atoms with Gasteiger partial charge in [0.2, 0.25) is 0 Å². The van der Waals surface area contributed by atoms with Crippen molar-refractivity contribution >= 4 is 38.6 Å². The van der Waals surface area contributed by atoms with Gasteiger partial charge in [-0.3, -0.25) is 0 Å². The fourth-order valence-corrected chi connectivity index (χ4v) is 4.33. The van der Waals surface area contributed by atoms with Gasteiger partial charge < -0.3 is 5.32 Å². The maximum absolute atomic E-state index is 4.36. The summed E-state index contributed by atoms with van der Waals surface area (Å²) in [7, 11) is 0. The van der Waals surface area contributed by atoms with Crippen LogP contribution in [0.1, 0.15) is 22.4 Å². The lowest BCUT2D eigenvalue weighted by Gasteiger charge is -2.14. The number of allylic oxidation sites excluding steroid dienone is 3. The van der Waals surface area contributed by atoms with Gasteiger partial charge in [0.1, 0.15) is 0 Å². The Morgan fingerprint density at radius 2 is 1.68 bits per heavy atom. The summed E-state index contributed by atoms with van der Waals surface area (Å²) in [6, 6.07) is 18.9. The quantitative estimate of drug-likeness (QED) is 0.534. The SMILES string of the molecule is C=C1C/C(c2ccccc2)=C\N/C=C\c2c(sc3ccccc23)C1=C. The van der Waals surface area contributed by atoms with Crippen molar-refractivity contribution in [1.29, 1.82) is 0 Å². The van der Waals surface area contributed by atoms with Crippen LogP contribution < -0.4 is 5.32 Å². The number of benzene rings is 2. The molecule has 1 nitrogen and oxygen atoms in total. The molecule has 0 bridgehead atoms. The van der Waals surface area contributed by atoms with E-state index in [1.807, 2.05) is 12.3 Å². The molecule has 0 aliphatic carbocycles. The van der Waals surface area contributed by atoms with Gasteiger partial charge in [-0.1, -0.05) is 61.7 Å². The standard InChI is InChI=1S/C23H19NS/c1-16-14-19(18-8-4-3-5-9-18)15-24-13-12-21-20-10-6-7-11-22(20)25-23(21)17(16)2/h3-13,15,24H,1-2,14H2/b13-12-,19-15+. The van der Waals surface area contributed by atoms with E-state index >= 15 is 0 Å². The third-order valence-corrected chi connectivity index (χ3v) is 5.73. The van der Waals surface area contributed by atoms with Crippen LogP contribution in [0.3, 0.4) is 0 Å². The minimum Gasteiger partial charge on any atom is -0.367 e. The zero-order valence-corrected chi connectivity index (χ0v) is 14.8. The molecule has 4 rings (SSSR count). The first kappa shape index (κ1) is 15.7. The highest BCUT2D eigenvalue weighted by Crippen LogP contribution is 2.40. The molecule has 1 N–H and O–H groups in total. The molecule has 0 fully saturated rings. The molecule has 0 spiro atoms. The van der Waals surface area contributed by atoms with Crippen molar-refractivity contribution < 1.29 is 0 Å². The van der Waals surface area contributed by atoms with Crippen LogP contribution in [0, 0.1) is 0 Å². The van der Waals surface area contributed by atoms with E-state index in [0.717, 1.165) is 17.6 Å². The van der Waals surface area contributed by atoms with Gasteiger partial charge in [-0.25, -0.2) is 0 Å². The molecule has 2 aromatic carbocycles. The van der Waals surface area contributed by atoms with Crippen molar-refractivity contribution in [3.8, 4) is 0 Å². The van der Waals surface area contributed by atoms with Gasteiger partial charge in [0, 0.05) is 32.9 Å². The van der Waals surface area contributed by atoms with Gasteiger partial charge in [-0.15, -0.1) is 11.3 Å².